The number of aryl methyl sites for hydroxylation is 1. The number of carbonyl (C=O) groups excluding carboxylic acids is 3. The molecule has 2 aromatic heterocycles. The van der Waals surface area contributed by atoms with Gasteiger partial charge in [-0.3, -0.25) is 9.59 Å². The molecule has 2 aromatic carbocycles. The molecule has 0 aliphatic carbocycles. The zero-order chi connectivity index (χ0) is 24.8. The highest BCUT2D eigenvalue weighted by Crippen LogP contribution is 2.29. The van der Waals surface area contributed by atoms with Crippen LogP contribution in [0.1, 0.15) is 37.4 Å². The Morgan fingerprint density at radius 3 is 2.57 bits per heavy atom. The number of benzene rings is 2. The number of nitrogens with one attached hydrogen (secondary N) is 1. The van der Waals surface area contributed by atoms with Crippen LogP contribution in [-0.2, 0) is 16.0 Å². The number of oxazole rings is 1. The second-order valence-corrected chi connectivity index (χ2v) is 9.11. The van der Waals surface area contributed by atoms with Crippen molar-refractivity contribution in [1.29, 1.82) is 0 Å². The largest absolute Gasteiger partial charge is 0.454 e. The van der Waals surface area contributed by atoms with Crippen molar-refractivity contribution >= 4 is 29.0 Å². The predicted molar refractivity (Wildman–Crippen MR) is 133 cm³/mol. The first kappa shape index (κ1) is 24.1. The average Bonchev–Trinajstić information content (AvgIpc) is 3.53. The Kier molecular flexibility index (Phi) is 7.52. The first-order chi connectivity index (χ1) is 16.9. The van der Waals surface area contributed by atoms with Crippen LogP contribution >= 0.6 is 11.3 Å². The third-order valence-corrected chi connectivity index (χ3v) is 6.42. The topological polar surface area (TPSA) is 98.5 Å². The van der Waals surface area contributed by atoms with Crippen LogP contribution in [0, 0.1) is 6.92 Å². The second kappa shape index (κ2) is 10.9. The van der Waals surface area contributed by atoms with Crippen molar-refractivity contribution in [3.63, 3.8) is 0 Å². The number of amides is 1. The molecule has 0 aliphatic rings. The molecule has 4 aromatic rings. The Bertz CT molecular complexity index is 1350. The molecule has 2 heterocycles. The minimum absolute atomic E-state index is 0.0961. The smallest absolute Gasteiger partial charge is 0.339 e. The standard InChI is InChI=1S/C27H24N2O5S/c1-17-7-9-19(10-8-17)24-15-29-26(34-24)21-5-3-4-6-22(21)27(32)33-16-23(31)25-12-11-20(35-25)13-14-28-18(2)30/h3-12,15H,13-14,16H2,1-2H3,(H,28,30). The third-order valence-electron chi connectivity index (χ3n) is 5.24. The number of hydrogen-bond donors (Lipinski definition) is 1. The van der Waals surface area contributed by atoms with Gasteiger partial charge in [0.2, 0.25) is 17.6 Å². The summed E-state index contributed by atoms with van der Waals surface area (Å²) in [5.74, 6) is -0.135. The van der Waals surface area contributed by atoms with E-state index in [1.165, 1.54) is 18.3 Å². The molecule has 178 valence electrons. The summed E-state index contributed by atoms with van der Waals surface area (Å²) in [6.07, 6.45) is 2.25. The average molecular weight is 489 g/mol. The van der Waals surface area contributed by atoms with Crippen LogP contribution in [0.5, 0.6) is 0 Å². The van der Waals surface area contributed by atoms with Crippen molar-refractivity contribution in [2.75, 3.05) is 13.2 Å². The van der Waals surface area contributed by atoms with E-state index in [0.717, 1.165) is 16.0 Å². The number of Topliss-reactive ketones (excluding diaryl/α,β-unsaturated/α-hetero) is 1. The number of nitrogens with zero attached hydrogens (tertiary/aromatic N) is 1. The Labute approximate surface area is 206 Å². The Morgan fingerprint density at radius 1 is 1.03 bits per heavy atom. The van der Waals surface area contributed by atoms with E-state index in [0.29, 0.717) is 35.1 Å². The fourth-order valence-electron chi connectivity index (χ4n) is 3.40. The molecule has 0 saturated heterocycles. The quantitative estimate of drug-likeness (QED) is 0.260. The van der Waals surface area contributed by atoms with Crippen LogP contribution in [0.15, 0.2) is 71.3 Å². The Morgan fingerprint density at radius 2 is 1.80 bits per heavy atom. The van der Waals surface area contributed by atoms with Gasteiger partial charge in [0.05, 0.1) is 22.2 Å². The summed E-state index contributed by atoms with van der Waals surface area (Å²) in [6, 6.07) is 18.2. The molecule has 35 heavy (non-hydrogen) atoms. The number of hydrogen-bond acceptors (Lipinski definition) is 7. The highest BCUT2D eigenvalue weighted by molar-refractivity contribution is 7.14. The van der Waals surface area contributed by atoms with Crippen LogP contribution in [0.2, 0.25) is 0 Å². The van der Waals surface area contributed by atoms with Gasteiger partial charge in [0.15, 0.2) is 12.4 Å². The van der Waals surface area contributed by atoms with Crippen molar-refractivity contribution in [3.8, 4) is 22.8 Å². The molecule has 0 atom stereocenters. The maximum atomic E-state index is 12.8. The van der Waals surface area contributed by atoms with E-state index in [1.807, 2.05) is 37.3 Å². The molecule has 0 radical (unpaired) electrons. The zero-order valence-electron chi connectivity index (χ0n) is 19.4. The molecule has 1 amide bonds. The lowest BCUT2D eigenvalue weighted by Gasteiger charge is -2.07. The Hall–Kier alpha value is -4.04. The summed E-state index contributed by atoms with van der Waals surface area (Å²) in [4.78, 5) is 42.2. The summed E-state index contributed by atoms with van der Waals surface area (Å²) in [5.41, 5.74) is 2.77. The van der Waals surface area contributed by atoms with Crippen molar-refractivity contribution < 1.29 is 23.5 Å². The predicted octanol–water partition coefficient (Wildman–Crippen LogP) is 5.10. The summed E-state index contributed by atoms with van der Waals surface area (Å²) >= 11 is 1.32. The van der Waals surface area contributed by atoms with Gasteiger partial charge in [0.1, 0.15) is 0 Å². The zero-order valence-corrected chi connectivity index (χ0v) is 20.2. The lowest BCUT2D eigenvalue weighted by Crippen LogP contribution is -2.22. The van der Waals surface area contributed by atoms with Gasteiger partial charge in [-0.05, 0) is 37.6 Å². The molecule has 0 bridgehead atoms. The van der Waals surface area contributed by atoms with Gasteiger partial charge in [0.25, 0.3) is 0 Å². The minimum Gasteiger partial charge on any atom is -0.454 e. The van der Waals surface area contributed by atoms with E-state index in [1.54, 1.807) is 36.5 Å². The first-order valence-corrected chi connectivity index (χ1v) is 11.9. The van der Waals surface area contributed by atoms with Crippen molar-refractivity contribution in [2.24, 2.45) is 0 Å². The van der Waals surface area contributed by atoms with Crippen LogP contribution in [0.3, 0.4) is 0 Å². The van der Waals surface area contributed by atoms with Crippen molar-refractivity contribution in [1.82, 2.24) is 10.3 Å². The molecule has 0 unspecified atom stereocenters. The van der Waals surface area contributed by atoms with Gasteiger partial charge in [-0.15, -0.1) is 11.3 Å². The molecular formula is C27H24N2O5S. The molecule has 1 N–H and O–H groups in total. The number of aromatic nitrogens is 1. The number of ether oxygens (including phenoxy) is 1. The monoisotopic (exact) mass is 488 g/mol. The Balaban J connectivity index is 1.41. The summed E-state index contributed by atoms with van der Waals surface area (Å²) in [6.45, 7) is 3.59. The van der Waals surface area contributed by atoms with E-state index in [9.17, 15) is 14.4 Å². The van der Waals surface area contributed by atoms with Gasteiger partial charge in [-0.25, -0.2) is 9.78 Å². The summed E-state index contributed by atoms with van der Waals surface area (Å²) in [5, 5.41) is 2.72. The van der Waals surface area contributed by atoms with E-state index < -0.39 is 5.97 Å². The molecule has 0 aliphatic heterocycles. The normalized spacial score (nSPS) is 10.7. The van der Waals surface area contributed by atoms with Crippen molar-refractivity contribution in [2.45, 2.75) is 20.3 Å². The van der Waals surface area contributed by atoms with Gasteiger partial charge in [0, 0.05) is 23.9 Å². The number of rotatable bonds is 9. The minimum atomic E-state index is -0.633. The first-order valence-electron chi connectivity index (χ1n) is 11.1. The van der Waals surface area contributed by atoms with E-state index in [-0.39, 0.29) is 23.9 Å². The van der Waals surface area contributed by atoms with E-state index in [2.05, 4.69) is 10.3 Å². The fraction of sp³-hybridized carbons (Fsp3) is 0.185. The molecule has 0 fully saturated rings. The second-order valence-electron chi connectivity index (χ2n) is 7.94. The maximum Gasteiger partial charge on any atom is 0.339 e. The van der Waals surface area contributed by atoms with Crippen molar-refractivity contribution in [3.05, 3.63) is 87.7 Å². The SMILES string of the molecule is CC(=O)NCCc1ccc(C(=O)COC(=O)c2ccccc2-c2ncc(-c3ccc(C)cc3)o2)s1. The molecule has 4 rings (SSSR count). The highest BCUT2D eigenvalue weighted by atomic mass is 32.1. The number of ketones is 1. The fourth-order valence-corrected chi connectivity index (χ4v) is 4.33. The van der Waals surface area contributed by atoms with Crippen LogP contribution in [-0.4, -0.2) is 35.8 Å². The highest BCUT2D eigenvalue weighted by Gasteiger charge is 2.20. The van der Waals surface area contributed by atoms with Gasteiger partial charge in [-0.2, -0.15) is 0 Å². The number of esters is 1. The maximum absolute atomic E-state index is 12.8. The third kappa shape index (κ3) is 6.10. The number of carbonyl (C=O) groups is 3. The van der Waals surface area contributed by atoms with Crippen LogP contribution in [0.25, 0.3) is 22.8 Å². The summed E-state index contributed by atoms with van der Waals surface area (Å²) < 4.78 is 11.2. The molecule has 8 heteroatoms. The lowest BCUT2D eigenvalue weighted by molar-refractivity contribution is -0.118. The number of thiophene rings is 1. The van der Waals surface area contributed by atoms with Gasteiger partial charge >= 0.3 is 5.97 Å². The van der Waals surface area contributed by atoms with Gasteiger partial charge < -0.3 is 14.5 Å². The van der Waals surface area contributed by atoms with Gasteiger partial charge in [-0.1, -0.05) is 42.0 Å². The van der Waals surface area contributed by atoms with E-state index >= 15 is 0 Å². The van der Waals surface area contributed by atoms with E-state index in [4.69, 9.17) is 9.15 Å². The lowest BCUT2D eigenvalue weighted by atomic mass is 10.1. The molecule has 7 nitrogen and oxygen atoms in total. The molecule has 0 saturated carbocycles. The van der Waals surface area contributed by atoms with Crippen LogP contribution in [0.4, 0.5) is 0 Å². The van der Waals surface area contributed by atoms with Crippen LogP contribution < -0.4 is 5.32 Å². The molecule has 0 spiro atoms. The molecular weight excluding hydrogens is 464 g/mol. The summed E-state index contributed by atoms with van der Waals surface area (Å²) in [7, 11) is 0.